The van der Waals surface area contributed by atoms with Gasteiger partial charge in [0.2, 0.25) is 5.95 Å². The van der Waals surface area contributed by atoms with Crippen LogP contribution >= 0.6 is 11.6 Å². The van der Waals surface area contributed by atoms with Crippen molar-refractivity contribution in [1.29, 1.82) is 0 Å². The van der Waals surface area contributed by atoms with E-state index >= 15 is 0 Å². The first kappa shape index (κ1) is 20.3. The van der Waals surface area contributed by atoms with Gasteiger partial charge < -0.3 is 15.0 Å². The highest BCUT2D eigenvalue weighted by Gasteiger charge is 2.23. The maximum Gasteiger partial charge on any atom is 0.257 e. The van der Waals surface area contributed by atoms with Crippen LogP contribution in [0.4, 0.5) is 11.6 Å². The average molecular weight is 452 g/mol. The van der Waals surface area contributed by atoms with Crippen molar-refractivity contribution in [3.05, 3.63) is 47.1 Å². The number of nitrogens with zero attached hydrogens (tertiary/aromatic N) is 5. The highest BCUT2D eigenvalue weighted by atomic mass is 35.5. The number of hydrogen-bond donors (Lipinski definition) is 2. The van der Waals surface area contributed by atoms with Crippen LogP contribution in [0.15, 0.2) is 36.5 Å². The third kappa shape index (κ3) is 3.54. The summed E-state index contributed by atoms with van der Waals surface area (Å²) in [7, 11) is 3.36. The van der Waals surface area contributed by atoms with Gasteiger partial charge in [-0.05, 0) is 37.1 Å². The molecule has 32 heavy (non-hydrogen) atoms. The van der Waals surface area contributed by atoms with E-state index in [0.717, 1.165) is 42.4 Å². The Bertz CT molecular complexity index is 1310. The Kier molecular flexibility index (Phi) is 5.18. The molecule has 1 fully saturated rings. The number of likely N-dealkylation sites (tertiary alicyclic amines) is 1. The molecule has 9 nitrogen and oxygen atoms in total. The SMILES string of the molecule is COc1cc(-c2nc(Nc3ccc4[nH]ncc4c3Cl)n(C)n2)ccc1C(=O)N1CCCC1. The second-order valence-corrected chi connectivity index (χ2v) is 8.06. The van der Waals surface area contributed by atoms with E-state index in [1.54, 1.807) is 37.2 Å². The monoisotopic (exact) mass is 451 g/mol. The molecule has 0 spiro atoms. The number of nitrogens with one attached hydrogen (secondary N) is 2. The molecule has 0 saturated carbocycles. The molecule has 1 amide bonds. The molecule has 1 aliphatic heterocycles. The Balaban J connectivity index is 1.43. The van der Waals surface area contributed by atoms with E-state index in [1.807, 2.05) is 23.1 Å². The Labute approximate surface area is 189 Å². The Morgan fingerprint density at radius 2 is 2.03 bits per heavy atom. The molecule has 5 rings (SSSR count). The first-order valence-electron chi connectivity index (χ1n) is 10.3. The van der Waals surface area contributed by atoms with Gasteiger partial charge in [-0.2, -0.15) is 10.1 Å². The number of aryl methyl sites for hydroxylation is 1. The standard InChI is InChI=1S/C22H22ClN7O2/c1-29-22(25-17-8-7-16-15(19(17)23)12-24-27-16)26-20(28-29)13-5-6-14(18(11-13)32-2)21(31)30-9-3-4-10-30/h5-8,11-12H,3-4,9-10H2,1-2H3,(H,24,27)(H,25,26,28). The fraction of sp³-hybridized carbons (Fsp3) is 0.273. The molecule has 1 aliphatic rings. The van der Waals surface area contributed by atoms with Crippen molar-refractivity contribution in [1.82, 2.24) is 29.9 Å². The van der Waals surface area contributed by atoms with Crippen molar-refractivity contribution < 1.29 is 9.53 Å². The van der Waals surface area contributed by atoms with E-state index in [1.165, 1.54) is 0 Å². The minimum absolute atomic E-state index is 0.00786. The fourth-order valence-corrected chi connectivity index (χ4v) is 4.17. The zero-order chi connectivity index (χ0) is 22.2. The number of halogens is 1. The summed E-state index contributed by atoms with van der Waals surface area (Å²) in [5, 5.41) is 16.0. The summed E-state index contributed by atoms with van der Waals surface area (Å²) in [6.07, 6.45) is 3.76. The van der Waals surface area contributed by atoms with Crippen molar-refractivity contribution in [3.63, 3.8) is 0 Å². The number of aromatic amines is 1. The molecule has 164 valence electrons. The second-order valence-electron chi connectivity index (χ2n) is 7.68. The Morgan fingerprint density at radius 3 is 2.81 bits per heavy atom. The predicted molar refractivity (Wildman–Crippen MR) is 123 cm³/mol. The van der Waals surface area contributed by atoms with Gasteiger partial charge in [-0.1, -0.05) is 17.7 Å². The highest BCUT2D eigenvalue weighted by molar-refractivity contribution is 6.38. The molecule has 4 aromatic rings. The number of rotatable bonds is 5. The smallest absolute Gasteiger partial charge is 0.257 e. The summed E-state index contributed by atoms with van der Waals surface area (Å²) < 4.78 is 7.16. The molecule has 2 aromatic heterocycles. The molecule has 0 atom stereocenters. The lowest BCUT2D eigenvalue weighted by atomic mass is 10.1. The van der Waals surface area contributed by atoms with E-state index in [2.05, 4.69) is 25.6 Å². The number of anilines is 2. The van der Waals surface area contributed by atoms with Crippen LogP contribution in [0.25, 0.3) is 22.3 Å². The molecule has 3 heterocycles. The minimum atomic E-state index is -0.00786. The van der Waals surface area contributed by atoms with Crippen LogP contribution in [0.2, 0.25) is 5.02 Å². The maximum absolute atomic E-state index is 12.8. The number of amides is 1. The maximum atomic E-state index is 12.8. The number of methoxy groups -OCH3 is 1. The van der Waals surface area contributed by atoms with Gasteiger partial charge in [0.15, 0.2) is 5.82 Å². The average Bonchev–Trinajstić information content (AvgIpc) is 3.56. The van der Waals surface area contributed by atoms with Gasteiger partial charge in [0.1, 0.15) is 5.75 Å². The van der Waals surface area contributed by atoms with E-state index in [0.29, 0.717) is 33.8 Å². The van der Waals surface area contributed by atoms with Crippen molar-refractivity contribution in [2.75, 3.05) is 25.5 Å². The number of fused-ring (bicyclic) bond motifs is 1. The molecule has 0 bridgehead atoms. The molecule has 0 aliphatic carbocycles. The zero-order valence-electron chi connectivity index (χ0n) is 17.7. The van der Waals surface area contributed by atoms with E-state index in [9.17, 15) is 4.79 Å². The predicted octanol–water partition coefficient (Wildman–Crippen LogP) is 4.00. The fourth-order valence-electron chi connectivity index (χ4n) is 3.91. The summed E-state index contributed by atoms with van der Waals surface area (Å²) in [6, 6.07) is 9.18. The van der Waals surface area contributed by atoms with Crippen LogP contribution in [-0.2, 0) is 7.05 Å². The lowest BCUT2D eigenvalue weighted by molar-refractivity contribution is 0.0789. The van der Waals surface area contributed by atoms with Crippen LogP contribution < -0.4 is 10.1 Å². The summed E-state index contributed by atoms with van der Waals surface area (Å²) >= 11 is 6.52. The van der Waals surface area contributed by atoms with Crippen molar-refractivity contribution in [2.45, 2.75) is 12.8 Å². The molecule has 10 heteroatoms. The molecule has 2 N–H and O–H groups in total. The third-order valence-electron chi connectivity index (χ3n) is 5.65. The molecular formula is C22H22ClN7O2. The van der Waals surface area contributed by atoms with Gasteiger partial charge in [0.05, 0.1) is 35.1 Å². The Morgan fingerprint density at radius 1 is 1.22 bits per heavy atom. The molecule has 0 unspecified atom stereocenters. The van der Waals surface area contributed by atoms with Crippen LogP contribution in [0.3, 0.4) is 0 Å². The van der Waals surface area contributed by atoms with Crippen LogP contribution in [0.1, 0.15) is 23.2 Å². The molecular weight excluding hydrogens is 430 g/mol. The first-order chi connectivity index (χ1) is 15.5. The first-order valence-corrected chi connectivity index (χ1v) is 10.7. The van der Waals surface area contributed by atoms with Gasteiger partial charge in [-0.3, -0.25) is 9.89 Å². The number of benzene rings is 2. The number of aromatic nitrogens is 5. The van der Waals surface area contributed by atoms with E-state index in [-0.39, 0.29) is 5.91 Å². The van der Waals surface area contributed by atoms with E-state index in [4.69, 9.17) is 16.3 Å². The topological polar surface area (TPSA) is 101 Å². The van der Waals surface area contributed by atoms with Gasteiger partial charge >= 0.3 is 0 Å². The van der Waals surface area contributed by atoms with Gasteiger partial charge in [-0.15, -0.1) is 5.10 Å². The molecule has 2 aromatic carbocycles. The van der Waals surface area contributed by atoms with Crippen molar-refractivity contribution >= 4 is 40.0 Å². The lowest BCUT2D eigenvalue weighted by Gasteiger charge is -2.17. The number of carbonyl (C=O) groups is 1. The number of H-pyrrole nitrogens is 1. The summed E-state index contributed by atoms with van der Waals surface area (Å²) in [5.41, 5.74) is 2.86. The van der Waals surface area contributed by atoms with E-state index < -0.39 is 0 Å². The minimum Gasteiger partial charge on any atom is -0.496 e. The van der Waals surface area contributed by atoms with Crippen LogP contribution in [0.5, 0.6) is 5.75 Å². The second kappa shape index (κ2) is 8.16. The summed E-state index contributed by atoms with van der Waals surface area (Å²) in [4.78, 5) is 19.3. The third-order valence-corrected chi connectivity index (χ3v) is 6.06. The number of ether oxygens (including phenoxy) is 1. The normalized spacial score (nSPS) is 13.7. The van der Waals surface area contributed by atoms with Crippen molar-refractivity contribution in [3.8, 4) is 17.1 Å². The summed E-state index contributed by atoms with van der Waals surface area (Å²) in [6.45, 7) is 1.57. The number of carbonyl (C=O) groups excluding carboxylic acids is 1. The Hall–Kier alpha value is -3.59. The molecule has 1 saturated heterocycles. The van der Waals surface area contributed by atoms with Gasteiger partial charge in [-0.25, -0.2) is 4.68 Å². The lowest BCUT2D eigenvalue weighted by Crippen LogP contribution is -2.27. The van der Waals surface area contributed by atoms with Crippen LogP contribution in [0, 0.1) is 0 Å². The zero-order valence-corrected chi connectivity index (χ0v) is 18.5. The molecule has 0 radical (unpaired) electrons. The van der Waals surface area contributed by atoms with Gasteiger partial charge in [0.25, 0.3) is 5.91 Å². The highest BCUT2D eigenvalue weighted by Crippen LogP contribution is 2.33. The largest absolute Gasteiger partial charge is 0.496 e. The quantitative estimate of drug-likeness (QED) is 0.475. The summed E-state index contributed by atoms with van der Waals surface area (Å²) in [5.74, 6) is 1.54. The van der Waals surface area contributed by atoms with Gasteiger partial charge in [0, 0.05) is 31.1 Å². The van der Waals surface area contributed by atoms with Crippen LogP contribution in [-0.4, -0.2) is 56.0 Å². The number of hydrogen-bond acceptors (Lipinski definition) is 6. The van der Waals surface area contributed by atoms with Crippen molar-refractivity contribution in [2.24, 2.45) is 7.05 Å².